The molecule has 21 heavy (non-hydrogen) atoms. The molecule has 0 saturated carbocycles. The summed E-state index contributed by atoms with van der Waals surface area (Å²) in [5.74, 6) is 0.684. The highest BCUT2D eigenvalue weighted by Gasteiger charge is 2.35. The van der Waals surface area contributed by atoms with Gasteiger partial charge >= 0.3 is 0 Å². The first-order chi connectivity index (χ1) is 10.0. The summed E-state index contributed by atoms with van der Waals surface area (Å²) in [7, 11) is 5.15. The third-order valence-corrected chi connectivity index (χ3v) is 4.05. The second-order valence-electron chi connectivity index (χ2n) is 5.53. The molecule has 1 heterocycles. The van der Waals surface area contributed by atoms with Crippen LogP contribution in [-0.4, -0.2) is 19.7 Å². The lowest BCUT2D eigenvalue weighted by atomic mass is 9.71. The number of dihydropyridines is 1. The lowest BCUT2D eigenvalue weighted by molar-refractivity contribution is 0.277. The van der Waals surface area contributed by atoms with E-state index >= 15 is 0 Å². The Morgan fingerprint density at radius 3 is 2.57 bits per heavy atom. The van der Waals surface area contributed by atoms with Crippen molar-refractivity contribution >= 4 is 19.3 Å². The molecule has 0 aromatic heterocycles. The molecule has 0 spiro atoms. The second kappa shape index (κ2) is 6.31. The smallest absolute Gasteiger partial charge is 0.236 e. The van der Waals surface area contributed by atoms with Crippen LogP contribution < -0.4 is 10.2 Å². The number of nitrogens with zero attached hydrogens (tertiary/aromatic N) is 1. The van der Waals surface area contributed by atoms with Crippen molar-refractivity contribution in [3.8, 4) is 5.75 Å². The van der Waals surface area contributed by atoms with Crippen molar-refractivity contribution in [3.05, 3.63) is 48.1 Å². The van der Waals surface area contributed by atoms with Crippen LogP contribution in [0.25, 0.3) is 5.57 Å². The van der Waals surface area contributed by atoms with Crippen LogP contribution in [0.3, 0.4) is 0 Å². The van der Waals surface area contributed by atoms with Gasteiger partial charge in [0, 0.05) is 11.1 Å². The van der Waals surface area contributed by atoms with Crippen molar-refractivity contribution in [1.29, 1.82) is 0 Å². The van der Waals surface area contributed by atoms with Gasteiger partial charge in [-0.1, -0.05) is 24.3 Å². The minimum absolute atomic E-state index is 0.108. The summed E-state index contributed by atoms with van der Waals surface area (Å²) < 4.78 is 0. The van der Waals surface area contributed by atoms with E-state index in [1.807, 2.05) is 38.1 Å². The van der Waals surface area contributed by atoms with Crippen molar-refractivity contribution in [1.82, 2.24) is 5.39 Å². The molecular weight excluding hydrogens is 259 g/mol. The monoisotopic (exact) mass is 280 g/mol. The number of benzene rings is 1. The molecule has 2 rings (SSSR count). The summed E-state index contributed by atoms with van der Waals surface area (Å²) >= 11 is 0. The standard InChI is InChI=1S/C17H21BN2O/c1-5-10-17(4)13(3)19-12(2)11-16(17)14-6-8-15(9-7-14)21-20-18/h5-11,13,20H,1-4H3/b10-5-. The molecule has 0 saturated heterocycles. The number of aliphatic imine (C=N–C) groups is 1. The topological polar surface area (TPSA) is 33.6 Å². The number of allylic oxidation sites excluding steroid dienone is 2. The number of hydrogen-bond donors (Lipinski definition) is 1. The highest BCUT2D eigenvalue weighted by atomic mass is 16.6. The number of rotatable bonds is 4. The minimum atomic E-state index is -0.108. The summed E-state index contributed by atoms with van der Waals surface area (Å²) in [4.78, 5) is 9.78. The van der Waals surface area contributed by atoms with E-state index in [0.29, 0.717) is 5.75 Å². The normalized spacial score (nSPS) is 25.6. The van der Waals surface area contributed by atoms with E-state index in [1.165, 1.54) is 11.1 Å². The zero-order valence-corrected chi connectivity index (χ0v) is 13.1. The minimum Gasteiger partial charge on any atom is -0.422 e. The van der Waals surface area contributed by atoms with E-state index in [2.05, 4.69) is 37.5 Å². The van der Waals surface area contributed by atoms with Gasteiger partial charge in [-0.25, -0.2) is 5.39 Å². The van der Waals surface area contributed by atoms with Crippen LogP contribution in [0.4, 0.5) is 0 Å². The van der Waals surface area contributed by atoms with Crippen LogP contribution in [0.15, 0.2) is 47.5 Å². The molecular formula is C17H21BN2O. The van der Waals surface area contributed by atoms with Crippen LogP contribution in [0.5, 0.6) is 5.75 Å². The van der Waals surface area contributed by atoms with Crippen molar-refractivity contribution in [3.63, 3.8) is 0 Å². The number of hydrogen-bond acceptors (Lipinski definition) is 3. The van der Waals surface area contributed by atoms with Crippen molar-refractivity contribution in [2.75, 3.05) is 0 Å². The maximum atomic E-state index is 5.15. The summed E-state index contributed by atoms with van der Waals surface area (Å²) in [6, 6.07) is 8.10. The molecule has 0 amide bonds. The molecule has 4 heteroatoms. The molecule has 0 fully saturated rings. The molecule has 2 unspecified atom stereocenters. The lowest BCUT2D eigenvalue weighted by Crippen LogP contribution is -2.32. The predicted octanol–water partition coefficient (Wildman–Crippen LogP) is 3.48. The average Bonchev–Trinajstić information content (AvgIpc) is 2.45. The largest absolute Gasteiger partial charge is 0.422 e. The van der Waals surface area contributed by atoms with Crippen LogP contribution in [0.2, 0.25) is 0 Å². The fraction of sp³-hybridized carbons (Fsp3) is 0.353. The number of nitrogens with one attached hydrogen (secondary N) is 1. The zero-order valence-electron chi connectivity index (χ0n) is 13.1. The van der Waals surface area contributed by atoms with E-state index < -0.39 is 0 Å². The molecule has 2 radical (unpaired) electrons. The van der Waals surface area contributed by atoms with Gasteiger partial charge in [0.25, 0.3) is 0 Å². The maximum Gasteiger partial charge on any atom is 0.236 e. The van der Waals surface area contributed by atoms with E-state index in [0.717, 1.165) is 5.71 Å². The van der Waals surface area contributed by atoms with Gasteiger partial charge in [-0.05, 0) is 57.0 Å². The van der Waals surface area contributed by atoms with E-state index in [4.69, 9.17) is 17.8 Å². The van der Waals surface area contributed by atoms with Gasteiger partial charge in [0.1, 0.15) is 5.75 Å². The first kappa shape index (κ1) is 15.6. The Morgan fingerprint density at radius 2 is 2.00 bits per heavy atom. The Balaban J connectivity index is 2.44. The fourth-order valence-electron chi connectivity index (χ4n) is 2.81. The maximum absolute atomic E-state index is 5.15. The fourth-order valence-corrected chi connectivity index (χ4v) is 2.81. The van der Waals surface area contributed by atoms with Gasteiger partial charge < -0.3 is 4.84 Å². The highest BCUT2D eigenvalue weighted by molar-refractivity contribution is 6.03. The van der Waals surface area contributed by atoms with Gasteiger partial charge in [-0.3, -0.25) is 4.99 Å². The Kier molecular flexibility index (Phi) is 4.68. The van der Waals surface area contributed by atoms with Crippen LogP contribution in [0, 0.1) is 5.41 Å². The van der Waals surface area contributed by atoms with E-state index in [1.54, 1.807) is 0 Å². The van der Waals surface area contributed by atoms with Gasteiger partial charge in [-0.2, -0.15) is 0 Å². The Bertz CT molecular complexity index is 589. The zero-order chi connectivity index (χ0) is 15.5. The molecule has 1 aliphatic rings. The molecule has 1 aliphatic heterocycles. The summed E-state index contributed by atoms with van der Waals surface area (Å²) in [6.45, 7) is 8.48. The molecule has 1 N–H and O–H groups in total. The average molecular weight is 280 g/mol. The van der Waals surface area contributed by atoms with E-state index in [9.17, 15) is 0 Å². The third kappa shape index (κ3) is 3.11. The van der Waals surface area contributed by atoms with Gasteiger partial charge in [0.15, 0.2) is 0 Å². The Hall–Kier alpha value is -1.81. The van der Waals surface area contributed by atoms with Crippen LogP contribution in [0.1, 0.15) is 33.3 Å². The van der Waals surface area contributed by atoms with Crippen LogP contribution in [-0.2, 0) is 0 Å². The molecule has 1 aromatic carbocycles. The quantitative estimate of drug-likeness (QED) is 0.520. The summed E-state index contributed by atoms with van der Waals surface area (Å²) in [6.07, 6.45) is 6.48. The van der Waals surface area contributed by atoms with E-state index in [-0.39, 0.29) is 11.5 Å². The summed E-state index contributed by atoms with van der Waals surface area (Å²) in [5, 5.41) is 2.19. The van der Waals surface area contributed by atoms with Gasteiger partial charge in [0.05, 0.1) is 6.04 Å². The Labute approximate surface area is 128 Å². The lowest BCUT2D eigenvalue weighted by Gasteiger charge is -2.37. The first-order valence-electron chi connectivity index (χ1n) is 7.14. The molecule has 2 atom stereocenters. The molecule has 0 bridgehead atoms. The SMILES string of the molecule is [B]NOc1ccc(C2=CC(C)=NC(C)C2(C)/C=C\C)cc1. The predicted molar refractivity (Wildman–Crippen MR) is 89.4 cm³/mol. The summed E-state index contributed by atoms with van der Waals surface area (Å²) in [5.41, 5.74) is 3.39. The van der Waals surface area contributed by atoms with Crippen molar-refractivity contribution < 1.29 is 4.84 Å². The highest BCUT2D eigenvalue weighted by Crippen LogP contribution is 2.43. The molecule has 108 valence electrons. The van der Waals surface area contributed by atoms with Crippen molar-refractivity contribution in [2.24, 2.45) is 10.4 Å². The Morgan fingerprint density at radius 1 is 1.33 bits per heavy atom. The molecule has 3 nitrogen and oxygen atoms in total. The van der Waals surface area contributed by atoms with Gasteiger partial charge in [-0.15, -0.1) is 0 Å². The van der Waals surface area contributed by atoms with Crippen LogP contribution >= 0.6 is 0 Å². The molecule has 1 aromatic rings. The second-order valence-corrected chi connectivity index (χ2v) is 5.53. The molecule has 0 aliphatic carbocycles. The van der Waals surface area contributed by atoms with Crippen molar-refractivity contribution in [2.45, 2.75) is 33.7 Å². The third-order valence-electron chi connectivity index (χ3n) is 4.05. The van der Waals surface area contributed by atoms with Gasteiger partial charge in [0.2, 0.25) is 7.98 Å². The first-order valence-corrected chi connectivity index (χ1v) is 7.14.